The molecule has 0 aliphatic heterocycles. The van der Waals surface area contributed by atoms with Crippen LogP contribution in [0.5, 0.6) is 0 Å². The maximum atomic E-state index is 11.7. The molecule has 0 amide bonds. The van der Waals surface area contributed by atoms with E-state index >= 15 is 0 Å². The number of aliphatic carboxylic acids is 1. The van der Waals surface area contributed by atoms with Gasteiger partial charge in [0, 0.05) is 0 Å². The van der Waals surface area contributed by atoms with Gasteiger partial charge in [0.25, 0.3) is 0 Å². The van der Waals surface area contributed by atoms with Gasteiger partial charge in [-0.15, -0.1) is 0 Å². The van der Waals surface area contributed by atoms with Crippen molar-refractivity contribution >= 4 is 11.8 Å². The molecule has 112 valence electrons. The summed E-state index contributed by atoms with van der Waals surface area (Å²) in [7, 11) is 0. The second-order valence-electron chi connectivity index (χ2n) is 5.09. The van der Waals surface area contributed by atoms with Crippen LogP contribution in [-0.4, -0.2) is 34.9 Å². The van der Waals surface area contributed by atoms with Gasteiger partial charge in [0.15, 0.2) is 5.79 Å². The minimum atomic E-state index is -1.13. The Labute approximate surface area is 115 Å². The topological polar surface area (TPSA) is 72.8 Å². The maximum absolute atomic E-state index is 11.7. The number of rotatable bonds is 10. The average molecular weight is 274 g/mol. The molecule has 0 spiro atoms. The number of carbonyl (C=O) groups excluding carboxylic acids is 1. The molecule has 0 bridgehead atoms. The minimum absolute atomic E-state index is 0.0476. The third-order valence-corrected chi connectivity index (χ3v) is 2.92. The fraction of sp³-hybridized carbons (Fsp3) is 0.857. The molecule has 2 atom stereocenters. The second-order valence-corrected chi connectivity index (χ2v) is 5.09. The zero-order valence-electron chi connectivity index (χ0n) is 12.6. The van der Waals surface area contributed by atoms with E-state index in [0.717, 1.165) is 12.8 Å². The van der Waals surface area contributed by atoms with E-state index < -0.39 is 18.2 Å². The molecule has 0 saturated carbocycles. The molecule has 0 saturated heterocycles. The Morgan fingerprint density at radius 3 is 1.84 bits per heavy atom. The van der Waals surface area contributed by atoms with Crippen molar-refractivity contribution in [1.82, 2.24) is 0 Å². The standard InChI is InChI=1S/C14H26O5/c1-6-10(3)18-14(5,19-11(4)7-2)9-12(15)8-13(16)17/h10-11H,6-9H2,1-5H3,(H,16,17). The van der Waals surface area contributed by atoms with E-state index in [1.54, 1.807) is 6.92 Å². The van der Waals surface area contributed by atoms with E-state index in [1.165, 1.54) is 0 Å². The summed E-state index contributed by atoms with van der Waals surface area (Å²) in [6.07, 6.45) is 0.953. The summed E-state index contributed by atoms with van der Waals surface area (Å²) in [6, 6.07) is 0. The van der Waals surface area contributed by atoms with Crippen molar-refractivity contribution in [3.05, 3.63) is 0 Å². The van der Waals surface area contributed by atoms with Crippen LogP contribution < -0.4 is 0 Å². The predicted molar refractivity (Wildman–Crippen MR) is 72.0 cm³/mol. The van der Waals surface area contributed by atoms with E-state index in [4.69, 9.17) is 14.6 Å². The number of hydrogen-bond donors (Lipinski definition) is 1. The van der Waals surface area contributed by atoms with Gasteiger partial charge in [0.05, 0.1) is 18.6 Å². The number of carboxylic acid groups (broad SMARTS) is 1. The van der Waals surface area contributed by atoms with Gasteiger partial charge in [-0.05, 0) is 33.6 Å². The van der Waals surface area contributed by atoms with Gasteiger partial charge >= 0.3 is 5.97 Å². The van der Waals surface area contributed by atoms with Crippen LogP contribution in [0, 0.1) is 0 Å². The Bertz CT molecular complexity index is 288. The van der Waals surface area contributed by atoms with Gasteiger partial charge in [0.2, 0.25) is 0 Å². The van der Waals surface area contributed by atoms with E-state index in [0.29, 0.717) is 0 Å². The predicted octanol–water partition coefficient (Wildman–Crippen LogP) is 2.77. The Morgan fingerprint density at radius 1 is 1.11 bits per heavy atom. The largest absolute Gasteiger partial charge is 0.481 e. The first-order valence-corrected chi connectivity index (χ1v) is 6.81. The van der Waals surface area contributed by atoms with E-state index in [9.17, 15) is 9.59 Å². The number of carboxylic acids is 1. The van der Waals surface area contributed by atoms with Crippen LogP contribution >= 0.6 is 0 Å². The fourth-order valence-corrected chi connectivity index (χ4v) is 1.72. The number of ketones is 1. The lowest BCUT2D eigenvalue weighted by atomic mass is 10.1. The summed E-state index contributed by atoms with van der Waals surface area (Å²) in [4.78, 5) is 22.2. The van der Waals surface area contributed by atoms with Crippen LogP contribution in [-0.2, 0) is 19.1 Å². The highest BCUT2D eigenvalue weighted by atomic mass is 16.7. The minimum Gasteiger partial charge on any atom is -0.481 e. The lowest BCUT2D eigenvalue weighted by Gasteiger charge is -2.34. The first-order valence-electron chi connectivity index (χ1n) is 6.81. The second kappa shape index (κ2) is 8.27. The summed E-state index contributed by atoms with van der Waals surface area (Å²) < 4.78 is 11.6. The Kier molecular flexibility index (Phi) is 7.87. The van der Waals surface area contributed by atoms with Gasteiger partial charge in [-0.2, -0.15) is 0 Å². The van der Waals surface area contributed by atoms with E-state index in [2.05, 4.69) is 0 Å². The summed E-state index contributed by atoms with van der Waals surface area (Å²) in [5.41, 5.74) is 0. The Morgan fingerprint density at radius 2 is 1.53 bits per heavy atom. The Hall–Kier alpha value is -0.940. The molecular formula is C14H26O5. The number of hydrogen-bond acceptors (Lipinski definition) is 4. The zero-order valence-corrected chi connectivity index (χ0v) is 12.6. The zero-order chi connectivity index (χ0) is 15.1. The number of Topliss-reactive ketones (excluding diaryl/α,β-unsaturated/α-hetero) is 1. The number of ether oxygens (including phenoxy) is 2. The highest BCUT2D eigenvalue weighted by molar-refractivity contribution is 5.95. The van der Waals surface area contributed by atoms with Crippen LogP contribution in [0.25, 0.3) is 0 Å². The molecule has 0 aromatic rings. The van der Waals surface area contributed by atoms with Crippen molar-refractivity contribution in [3.63, 3.8) is 0 Å². The normalized spacial score (nSPS) is 17.5. The molecule has 5 nitrogen and oxygen atoms in total. The van der Waals surface area contributed by atoms with Crippen molar-refractivity contribution in [2.24, 2.45) is 0 Å². The van der Waals surface area contributed by atoms with Crippen molar-refractivity contribution < 1.29 is 24.2 Å². The molecule has 0 rings (SSSR count). The molecule has 2 unspecified atom stereocenters. The van der Waals surface area contributed by atoms with Gasteiger partial charge in [-0.25, -0.2) is 0 Å². The quantitative estimate of drug-likeness (QED) is 0.490. The van der Waals surface area contributed by atoms with E-state index in [1.807, 2.05) is 27.7 Å². The highest BCUT2D eigenvalue weighted by Gasteiger charge is 2.33. The van der Waals surface area contributed by atoms with Crippen LogP contribution in [0.15, 0.2) is 0 Å². The fourth-order valence-electron chi connectivity index (χ4n) is 1.72. The molecule has 5 heteroatoms. The maximum Gasteiger partial charge on any atom is 0.310 e. The molecule has 0 heterocycles. The summed E-state index contributed by atoms with van der Waals surface area (Å²) in [5.74, 6) is -2.57. The molecule has 19 heavy (non-hydrogen) atoms. The van der Waals surface area contributed by atoms with Gasteiger partial charge < -0.3 is 14.6 Å². The van der Waals surface area contributed by atoms with Crippen molar-refractivity contribution in [1.29, 1.82) is 0 Å². The summed E-state index contributed by atoms with van der Waals surface area (Å²) in [5, 5.41) is 8.63. The molecule has 0 fully saturated rings. The summed E-state index contributed by atoms with van der Waals surface area (Å²) >= 11 is 0. The summed E-state index contributed by atoms with van der Waals surface area (Å²) in [6.45, 7) is 9.46. The molecule has 0 radical (unpaired) electrons. The molecule has 0 aliphatic carbocycles. The smallest absolute Gasteiger partial charge is 0.310 e. The SMILES string of the molecule is CCC(C)OC(C)(CC(=O)CC(=O)O)OC(C)CC. The third-order valence-electron chi connectivity index (χ3n) is 2.92. The van der Waals surface area contributed by atoms with Crippen LogP contribution in [0.1, 0.15) is 60.3 Å². The first kappa shape index (κ1) is 18.1. The lowest BCUT2D eigenvalue weighted by molar-refractivity contribution is -0.263. The van der Waals surface area contributed by atoms with Gasteiger partial charge in [-0.3, -0.25) is 9.59 Å². The monoisotopic (exact) mass is 274 g/mol. The van der Waals surface area contributed by atoms with Crippen LogP contribution in [0.2, 0.25) is 0 Å². The molecular weight excluding hydrogens is 248 g/mol. The van der Waals surface area contributed by atoms with Gasteiger partial charge in [0.1, 0.15) is 12.2 Å². The van der Waals surface area contributed by atoms with Crippen molar-refractivity contribution in [3.8, 4) is 0 Å². The molecule has 0 aliphatic rings. The first-order chi connectivity index (χ1) is 8.72. The van der Waals surface area contributed by atoms with Crippen molar-refractivity contribution in [2.75, 3.05) is 0 Å². The molecule has 1 N–H and O–H groups in total. The third kappa shape index (κ3) is 7.95. The van der Waals surface area contributed by atoms with Gasteiger partial charge in [-0.1, -0.05) is 13.8 Å². The van der Waals surface area contributed by atoms with Crippen LogP contribution in [0.3, 0.4) is 0 Å². The number of carbonyl (C=O) groups is 2. The average Bonchev–Trinajstić information content (AvgIpc) is 2.26. The molecule has 0 aromatic heterocycles. The van der Waals surface area contributed by atoms with Crippen LogP contribution in [0.4, 0.5) is 0 Å². The highest BCUT2D eigenvalue weighted by Crippen LogP contribution is 2.24. The molecule has 0 aromatic carbocycles. The lowest BCUT2D eigenvalue weighted by Crippen LogP contribution is -2.40. The van der Waals surface area contributed by atoms with Crippen molar-refractivity contribution in [2.45, 2.75) is 78.3 Å². The Balaban J connectivity index is 4.73. The van der Waals surface area contributed by atoms with E-state index in [-0.39, 0.29) is 24.4 Å².